The summed E-state index contributed by atoms with van der Waals surface area (Å²) >= 11 is 0. The average Bonchev–Trinajstić information content (AvgIpc) is 2.31. The maximum atomic E-state index is 5.81. The second kappa shape index (κ2) is 5.41. The van der Waals surface area contributed by atoms with Crippen LogP contribution in [0.3, 0.4) is 0 Å². The molecule has 1 atom stereocenters. The number of rotatable bonds is 5. The summed E-state index contributed by atoms with van der Waals surface area (Å²) in [5.74, 6) is 0. The molecule has 0 spiro atoms. The quantitative estimate of drug-likeness (QED) is 0.863. The number of hydrogen-bond acceptors (Lipinski definition) is 2. The second-order valence-electron chi connectivity index (χ2n) is 5.60. The first-order valence-electron chi connectivity index (χ1n) is 6.90. The van der Waals surface area contributed by atoms with Crippen LogP contribution in [0.2, 0.25) is 0 Å². The molecule has 18 heavy (non-hydrogen) atoms. The van der Waals surface area contributed by atoms with Gasteiger partial charge in [0.2, 0.25) is 0 Å². The van der Waals surface area contributed by atoms with Crippen LogP contribution in [0.25, 0.3) is 0 Å². The van der Waals surface area contributed by atoms with E-state index in [2.05, 4.69) is 44.4 Å². The van der Waals surface area contributed by atoms with Crippen molar-refractivity contribution in [3.8, 4) is 0 Å². The van der Waals surface area contributed by atoms with Gasteiger partial charge in [-0.1, -0.05) is 23.8 Å². The van der Waals surface area contributed by atoms with Gasteiger partial charge in [-0.15, -0.1) is 0 Å². The standard InChI is InChI=1S/C16H25NO/c1-12-6-7-13(2)14(10-12)11-15(17-3)16(18-4)8-5-9-16/h6-7,10,15,17H,5,8-9,11H2,1-4H3. The van der Waals surface area contributed by atoms with Crippen LogP contribution in [0, 0.1) is 13.8 Å². The lowest BCUT2D eigenvalue weighted by Crippen LogP contribution is -2.56. The van der Waals surface area contributed by atoms with Gasteiger partial charge in [0.25, 0.3) is 0 Å². The van der Waals surface area contributed by atoms with Crippen LogP contribution >= 0.6 is 0 Å². The predicted octanol–water partition coefficient (Wildman–Crippen LogP) is 3.00. The van der Waals surface area contributed by atoms with Gasteiger partial charge in [0.05, 0.1) is 5.60 Å². The first-order valence-corrected chi connectivity index (χ1v) is 6.90. The summed E-state index contributed by atoms with van der Waals surface area (Å²) in [5, 5.41) is 3.47. The highest BCUT2D eigenvalue weighted by Gasteiger charge is 2.43. The zero-order valence-corrected chi connectivity index (χ0v) is 12.0. The molecular weight excluding hydrogens is 222 g/mol. The van der Waals surface area contributed by atoms with Gasteiger partial charge in [-0.2, -0.15) is 0 Å². The molecule has 1 aromatic carbocycles. The molecule has 0 radical (unpaired) electrons. The maximum absolute atomic E-state index is 5.81. The normalized spacial score (nSPS) is 19.3. The van der Waals surface area contributed by atoms with Crippen LogP contribution in [-0.4, -0.2) is 25.8 Å². The summed E-state index contributed by atoms with van der Waals surface area (Å²) in [7, 11) is 3.90. The van der Waals surface area contributed by atoms with Crippen LogP contribution in [-0.2, 0) is 11.2 Å². The molecule has 2 rings (SSSR count). The van der Waals surface area contributed by atoms with Crippen LogP contribution in [0.1, 0.15) is 36.0 Å². The molecule has 0 saturated heterocycles. The Bertz CT molecular complexity index is 404. The Kier molecular flexibility index (Phi) is 4.08. The van der Waals surface area contributed by atoms with Crippen molar-refractivity contribution in [2.75, 3.05) is 14.2 Å². The van der Waals surface area contributed by atoms with E-state index >= 15 is 0 Å². The lowest BCUT2D eigenvalue weighted by molar-refractivity contribution is -0.0966. The molecule has 0 aromatic heterocycles. The molecule has 1 aromatic rings. The van der Waals surface area contributed by atoms with Crippen LogP contribution in [0.4, 0.5) is 0 Å². The zero-order chi connectivity index (χ0) is 13.2. The van der Waals surface area contributed by atoms with Crippen molar-refractivity contribution in [2.24, 2.45) is 0 Å². The van der Waals surface area contributed by atoms with Gasteiger partial charge in [-0.25, -0.2) is 0 Å². The van der Waals surface area contributed by atoms with Gasteiger partial charge in [-0.05, 0) is 57.7 Å². The molecule has 1 aliphatic rings. The van der Waals surface area contributed by atoms with Crippen molar-refractivity contribution in [3.63, 3.8) is 0 Å². The minimum Gasteiger partial charge on any atom is -0.377 e. The summed E-state index contributed by atoms with van der Waals surface area (Å²) in [6.45, 7) is 4.36. The van der Waals surface area contributed by atoms with Crippen molar-refractivity contribution in [3.05, 3.63) is 34.9 Å². The van der Waals surface area contributed by atoms with Crippen molar-refractivity contribution < 1.29 is 4.74 Å². The van der Waals surface area contributed by atoms with E-state index in [4.69, 9.17) is 4.74 Å². The van der Waals surface area contributed by atoms with E-state index in [1.54, 1.807) is 0 Å². The number of likely N-dealkylation sites (N-methyl/N-ethyl adjacent to an activating group) is 1. The lowest BCUT2D eigenvalue weighted by atomic mass is 9.72. The first kappa shape index (κ1) is 13.6. The Morgan fingerprint density at radius 1 is 1.33 bits per heavy atom. The third-order valence-corrected chi connectivity index (χ3v) is 4.52. The van der Waals surface area contributed by atoms with E-state index in [1.165, 1.54) is 36.0 Å². The Balaban J connectivity index is 2.17. The Morgan fingerprint density at radius 3 is 2.56 bits per heavy atom. The second-order valence-corrected chi connectivity index (χ2v) is 5.60. The molecule has 0 aliphatic heterocycles. The first-order chi connectivity index (χ1) is 8.61. The molecular formula is C16H25NO. The van der Waals surface area contributed by atoms with E-state index in [9.17, 15) is 0 Å². The van der Waals surface area contributed by atoms with E-state index < -0.39 is 0 Å². The molecule has 1 fully saturated rings. The van der Waals surface area contributed by atoms with Gasteiger partial charge in [0.15, 0.2) is 0 Å². The van der Waals surface area contributed by atoms with Gasteiger partial charge < -0.3 is 10.1 Å². The van der Waals surface area contributed by atoms with Gasteiger partial charge in [0.1, 0.15) is 0 Å². The minimum absolute atomic E-state index is 0.0605. The highest BCUT2D eigenvalue weighted by Crippen LogP contribution is 2.39. The molecule has 2 heteroatoms. The third kappa shape index (κ3) is 2.45. The number of nitrogens with one attached hydrogen (secondary N) is 1. The molecule has 1 N–H and O–H groups in total. The van der Waals surface area contributed by atoms with Crippen molar-refractivity contribution in [1.82, 2.24) is 5.32 Å². The maximum Gasteiger partial charge on any atom is 0.0834 e. The summed E-state index contributed by atoms with van der Waals surface area (Å²) in [6.07, 6.45) is 4.70. The monoisotopic (exact) mass is 247 g/mol. The fraction of sp³-hybridized carbons (Fsp3) is 0.625. The van der Waals surface area contributed by atoms with Gasteiger partial charge in [0, 0.05) is 13.2 Å². The lowest BCUT2D eigenvalue weighted by Gasteiger charge is -2.46. The number of aryl methyl sites for hydroxylation is 2. The van der Waals surface area contributed by atoms with Crippen LogP contribution < -0.4 is 5.32 Å². The molecule has 2 nitrogen and oxygen atoms in total. The highest BCUT2D eigenvalue weighted by molar-refractivity contribution is 5.31. The van der Waals surface area contributed by atoms with E-state index in [1.807, 2.05) is 7.11 Å². The molecule has 0 bridgehead atoms. The van der Waals surface area contributed by atoms with E-state index in [0.717, 1.165) is 6.42 Å². The summed E-state index contributed by atoms with van der Waals surface area (Å²) in [5.41, 5.74) is 4.22. The van der Waals surface area contributed by atoms with Crippen molar-refractivity contribution in [2.45, 2.75) is 51.2 Å². The largest absolute Gasteiger partial charge is 0.377 e. The number of ether oxygens (including phenoxy) is 1. The third-order valence-electron chi connectivity index (χ3n) is 4.52. The molecule has 0 amide bonds. The summed E-state index contributed by atoms with van der Waals surface area (Å²) < 4.78 is 5.81. The Labute approximate surface area is 111 Å². The molecule has 1 aliphatic carbocycles. The van der Waals surface area contributed by atoms with Gasteiger partial charge >= 0.3 is 0 Å². The molecule has 0 heterocycles. The minimum atomic E-state index is 0.0605. The smallest absolute Gasteiger partial charge is 0.0834 e. The number of methoxy groups -OCH3 is 1. The number of hydrogen-bond donors (Lipinski definition) is 1. The van der Waals surface area contributed by atoms with Gasteiger partial charge in [-0.3, -0.25) is 0 Å². The topological polar surface area (TPSA) is 21.3 Å². The predicted molar refractivity (Wildman–Crippen MR) is 76.1 cm³/mol. The summed E-state index contributed by atoms with van der Waals surface area (Å²) in [6, 6.07) is 7.12. The molecule has 100 valence electrons. The van der Waals surface area contributed by atoms with Crippen molar-refractivity contribution in [1.29, 1.82) is 0 Å². The Morgan fingerprint density at radius 2 is 2.06 bits per heavy atom. The Hall–Kier alpha value is -0.860. The molecule has 1 unspecified atom stereocenters. The van der Waals surface area contributed by atoms with Crippen LogP contribution in [0.5, 0.6) is 0 Å². The fourth-order valence-electron chi connectivity index (χ4n) is 3.01. The van der Waals surface area contributed by atoms with E-state index in [0.29, 0.717) is 6.04 Å². The summed E-state index contributed by atoms with van der Waals surface area (Å²) in [4.78, 5) is 0. The fourth-order valence-corrected chi connectivity index (χ4v) is 3.01. The zero-order valence-electron chi connectivity index (χ0n) is 12.0. The molecule has 1 saturated carbocycles. The number of benzene rings is 1. The van der Waals surface area contributed by atoms with E-state index in [-0.39, 0.29) is 5.60 Å². The highest BCUT2D eigenvalue weighted by atomic mass is 16.5. The average molecular weight is 247 g/mol. The van der Waals surface area contributed by atoms with Crippen LogP contribution in [0.15, 0.2) is 18.2 Å². The SMILES string of the molecule is CNC(Cc1cc(C)ccc1C)C1(OC)CCC1. The van der Waals surface area contributed by atoms with Crippen molar-refractivity contribution >= 4 is 0 Å².